The fourth-order valence-corrected chi connectivity index (χ4v) is 6.24. The van der Waals surface area contributed by atoms with E-state index in [1.165, 1.54) is 71.4 Å². The molecule has 0 spiro atoms. The van der Waals surface area contributed by atoms with Gasteiger partial charge in [0, 0.05) is 17.1 Å². The second-order valence-electron chi connectivity index (χ2n) is 10.2. The van der Waals surface area contributed by atoms with Crippen molar-refractivity contribution >= 4 is 17.1 Å². The Morgan fingerprint density at radius 1 is 0.559 bits per heavy atom. The van der Waals surface area contributed by atoms with Gasteiger partial charge in [-0.15, -0.1) is 0 Å². The van der Waals surface area contributed by atoms with E-state index in [4.69, 9.17) is 0 Å². The Hall–Kier alpha value is -3.32. The van der Waals surface area contributed by atoms with Crippen LogP contribution in [0.25, 0.3) is 11.1 Å². The van der Waals surface area contributed by atoms with Crippen molar-refractivity contribution in [1.82, 2.24) is 0 Å². The van der Waals surface area contributed by atoms with Gasteiger partial charge in [0.25, 0.3) is 0 Å². The molecule has 3 aliphatic carbocycles. The predicted molar refractivity (Wildman–Crippen MR) is 145 cm³/mol. The van der Waals surface area contributed by atoms with Crippen molar-refractivity contribution in [2.45, 2.75) is 57.8 Å². The number of nitrogens with zero attached hydrogens (tertiary/aromatic N) is 1. The molecule has 4 aromatic rings. The van der Waals surface area contributed by atoms with Crippen LogP contribution in [0.3, 0.4) is 0 Å². The molecule has 4 aromatic carbocycles. The zero-order valence-corrected chi connectivity index (χ0v) is 20.3. The van der Waals surface area contributed by atoms with Crippen LogP contribution in [-0.4, -0.2) is 0 Å². The Kier molecular flexibility index (Phi) is 5.49. The smallest absolute Gasteiger partial charge is 0.0490 e. The number of hydrogen-bond donors (Lipinski definition) is 0. The Balaban J connectivity index is 1.39. The summed E-state index contributed by atoms with van der Waals surface area (Å²) in [7, 11) is 0. The number of fused-ring (bicyclic) bond motifs is 3. The second-order valence-corrected chi connectivity index (χ2v) is 10.2. The summed E-state index contributed by atoms with van der Waals surface area (Å²) in [6, 6.07) is 33.8. The van der Waals surface area contributed by atoms with Gasteiger partial charge in [0.05, 0.1) is 0 Å². The van der Waals surface area contributed by atoms with Gasteiger partial charge in [-0.2, -0.15) is 0 Å². The van der Waals surface area contributed by atoms with E-state index in [0.717, 1.165) is 11.8 Å². The molecule has 2 bridgehead atoms. The van der Waals surface area contributed by atoms with Crippen LogP contribution >= 0.6 is 0 Å². The zero-order valence-electron chi connectivity index (χ0n) is 20.3. The van der Waals surface area contributed by atoms with Crippen molar-refractivity contribution in [3.63, 3.8) is 0 Å². The number of hydrogen-bond acceptors (Lipinski definition) is 1. The molecule has 34 heavy (non-hydrogen) atoms. The highest BCUT2D eigenvalue weighted by Crippen LogP contribution is 2.48. The molecule has 1 heteroatoms. The van der Waals surface area contributed by atoms with Gasteiger partial charge < -0.3 is 4.90 Å². The summed E-state index contributed by atoms with van der Waals surface area (Å²) in [5.41, 5.74) is 12.1. The van der Waals surface area contributed by atoms with Crippen molar-refractivity contribution < 1.29 is 0 Å². The molecule has 0 aliphatic heterocycles. The summed E-state index contributed by atoms with van der Waals surface area (Å²) in [6.45, 7) is 4.39. The first kappa shape index (κ1) is 21.2. The third-order valence-corrected chi connectivity index (χ3v) is 8.11. The molecular weight excluding hydrogens is 410 g/mol. The third-order valence-electron chi connectivity index (χ3n) is 8.11. The van der Waals surface area contributed by atoms with Crippen LogP contribution in [0.2, 0.25) is 0 Å². The minimum absolute atomic E-state index is 0.769. The summed E-state index contributed by atoms with van der Waals surface area (Å²) in [5, 5.41) is 0. The number of rotatable bonds is 4. The topological polar surface area (TPSA) is 3.24 Å². The van der Waals surface area contributed by atoms with E-state index in [2.05, 4.69) is 110 Å². The number of benzene rings is 4. The Labute approximate surface area is 204 Å². The van der Waals surface area contributed by atoms with Crippen LogP contribution in [0.1, 0.15) is 66.2 Å². The van der Waals surface area contributed by atoms with Crippen LogP contribution in [0, 0.1) is 13.8 Å². The minimum Gasteiger partial charge on any atom is -0.310 e. The summed E-state index contributed by atoms with van der Waals surface area (Å²) in [4.78, 5) is 2.39. The summed E-state index contributed by atoms with van der Waals surface area (Å²) < 4.78 is 0. The Morgan fingerprint density at radius 2 is 1.12 bits per heavy atom. The Bertz CT molecular complexity index is 1270. The molecule has 1 saturated carbocycles. The first-order chi connectivity index (χ1) is 16.7. The van der Waals surface area contributed by atoms with Gasteiger partial charge in [-0.05, 0) is 109 Å². The molecule has 2 atom stereocenters. The fourth-order valence-electron chi connectivity index (χ4n) is 6.24. The molecule has 0 N–H and O–H groups in total. The van der Waals surface area contributed by atoms with Crippen LogP contribution in [0.5, 0.6) is 0 Å². The largest absolute Gasteiger partial charge is 0.310 e. The second kappa shape index (κ2) is 8.80. The van der Waals surface area contributed by atoms with Crippen LogP contribution in [0.15, 0.2) is 91.0 Å². The van der Waals surface area contributed by atoms with E-state index >= 15 is 0 Å². The van der Waals surface area contributed by atoms with Gasteiger partial charge in [0.15, 0.2) is 0 Å². The van der Waals surface area contributed by atoms with Crippen LogP contribution < -0.4 is 4.90 Å². The number of para-hydroxylation sites is 2. The van der Waals surface area contributed by atoms with E-state index in [0.29, 0.717) is 0 Å². The van der Waals surface area contributed by atoms with Crippen molar-refractivity contribution in [3.8, 4) is 11.1 Å². The highest BCUT2D eigenvalue weighted by Gasteiger charge is 2.30. The van der Waals surface area contributed by atoms with Gasteiger partial charge in [-0.1, -0.05) is 73.2 Å². The maximum atomic E-state index is 2.51. The molecule has 0 heterocycles. The minimum atomic E-state index is 0.769. The van der Waals surface area contributed by atoms with Gasteiger partial charge in [0.1, 0.15) is 0 Å². The molecule has 3 aliphatic rings. The van der Waals surface area contributed by atoms with Gasteiger partial charge >= 0.3 is 0 Å². The van der Waals surface area contributed by atoms with Crippen molar-refractivity contribution in [2.75, 3.05) is 4.90 Å². The van der Waals surface area contributed by atoms with Crippen LogP contribution in [0.4, 0.5) is 17.1 Å². The van der Waals surface area contributed by atoms with Crippen LogP contribution in [-0.2, 0) is 0 Å². The van der Waals surface area contributed by atoms with Crippen molar-refractivity contribution in [2.24, 2.45) is 0 Å². The SMILES string of the molecule is Cc1ccccc1N(c1ccc(-c2ccc3c(c2)C2CCCC3CC2)cc1)c1ccccc1C. The summed E-state index contributed by atoms with van der Waals surface area (Å²) in [5.74, 6) is 1.56. The molecular formula is C33H33N. The zero-order chi connectivity index (χ0) is 23.1. The monoisotopic (exact) mass is 443 g/mol. The lowest BCUT2D eigenvalue weighted by molar-refractivity contribution is 0.527. The quantitative estimate of drug-likeness (QED) is 0.303. The first-order valence-electron chi connectivity index (χ1n) is 12.8. The maximum Gasteiger partial charge on any atom is 0.0490 e. The van der Waals surface area contributed by atoms with Gasteiger partial charge in [-0.25, -0.2) is 0 Å². The van der Waals surface area contributed by atoms with Crippen molar-refractivity contribution in [3.05, 3.63) is 113 Å². The normalized spacial score (nSPS) is 18.9. The number of anilines is 3. The predicted octanol–water partition coefficient (Wildman–Crippen LogP) is 9.59. The van der Waals surface area contributed by atoms with Gasteiger partial charge in [0.2, 0.25) is 0 Å². The van der Waals surface area contributed by atoms with Crippen molar-refractivity contribution in [1.29, 1.82) is 0 Å². The lowest BCUT2D eigenvalue weighted by Gasteiger charge is -2.29. The molecule has 0 radical (unpaired) electrons. The third kappa shape index (κ3) is 3.74. The molecule has 1 nitrogen and oxygen atoms in total. The van der Waals surface area contributed by atoms with E-state index in [9.17, 15) is 0 Å². The molecule has 0 aromatic heterocycles. The highest BCUT2D eigenvalue weighted by molar-refractivity contribution is 5.81. The van der Waals surface area contributed by atoms with E-state index in [1.54, 1.807) is 11.1 Å². The maximum absolute atomic E-state index is 2.51. The lowest BCUT2D eigenvalue weighted by atomic mass is 9.77. The lowest BCUT2D eigenvalue weighted by Crippen LogP contribution is -2.12. The molecule has 0 amide bonds. The molecule has 1 fully saturated rings. The van der Waals surface area contributed by atoms with E-state index in [-0.39, 0.29) is 0 Å². The molecule has 2 unspecified atom stereocenters. The average Bonchev–Trinajstić information content (AvgIpc) is 3.22. The standard InChI is InChI=1S/C33H33N/c1-23-8-3-5-12-32(23)34(33-13-6-4-9-24(33)2)29-19-16-25(17-20-29)28-18-21-30-26-10-7-11-27(15-14-26)31(30)22-28/h3-6,8-9,12-13,16-22,26-27H,7,10-11,14-15H2,1-2H3. The van der Waals surface area contributed by atoms with Gasteiger partial charge in [-0.3, -0.25) is 0 Å². The van der Waals surface area contributed by atoms with E-state index in [1.807, 2.05) is 0 Å². The summed E-state index contributed by atoms with van der Waals surface area (Å²) >= 11 is 0. The Morgan fingerprint density at radius 3 is 1.74 bits per heavy atom. The highest BCUT2D eigenvalue weighted by atomic mass is 15.1. The fraction of sp³-hybridized carbons (Fsp3) is 0.273. The first-order valence-corrected chi connectivity index (χ1v) is 12.8. The summed E-state index contributed by atoms with van der Waals surface area (Å²) in [6.07, 6.45) is 6.90. The number of aryl methyl sites for hydroxylation is 2. The molecule has 7 rings (SSSR count). The van der Waals surface area contributed by atoms with E-state index < -0.39 is 0 Å². The average molecular weight is 444 g/mol. The molecule has 170 valence electrons. The molecule has 0 saturated heterocycles.